The van der Waals surface area contributed by atoms with Crippen molar-refractivity contribution in [2.75, 3.05) is 17.3 Å². The molecule has 0 unspecified atom stereocenters. The van der Waals surface area contributed by atoms with Crippen molar-refractivity contribution >= 4 is 23.4 Å². The van der Waals surface area contributed by atoms with E-state index in [1.807, 2.05) is 37.3 Å². The number of carbonyl (C=O) groups is 1. The van der Waals surface area contributed by atoms with E-state index in [1.165, 1.54) is 23.9 Å². The summed E-state index contributed by atoms with van der Waals surface area (Å²) in [6, 6.07) is 13.8. The van der Waals surface area contributed by atoms with Crippen LogP contribution in [0.4, 0.5) is 10.1 Å². The minimum Gasteiger partial charge on any atom is -0.494 e. The maximum atomic E-state index is 13.5. The molecule has 0 N–H and O–H groups in total. The molecule has 0 spiro atoms. The lowest BCUT2D eigenvalue weighted by molar-refractivity contribution is -0.115. The van der Waals surface area contributed by atoms with Crippen LogP contribution in [-0.4, -0.2) is 18.3 Å². The maximum absolute atomic E-state index is 13.5. The molecule has 0 radical (unpaired) electrons. The van der Waals surface area contributed by atoms with Gasteiger partial charge in [0.05, 0.1) is 12.4 Å². The van der Waals surface area contributed by atoms with Crippen molar-refractivity contribution in [2.45, 2.75) is 12.3 Å². The summed E-state index contributed by atoms with van der Waals surface area (Å²) in [6.07, 6.45) is 0. The molecule has 3 rings (SSSR count). The normalized spacial score (nSPS) is 17.8. The molecule has 1 aliphatic rings. The Hall–Kier alpha value is -2.01. The molecule has 0 bridgehead atoms. The van der Waals surface area contributed by atoms with Crippen LogP contribution >= 0.6 is 11.8 Å². The molecule has 3 nitrogen and oxygen atoms in total. The molecule has 0 saturated carbocycles. The minimum atomic E-state index is -0.288. The van der Waals surface area contributed by atoms with E-state index in [-0.39, 0.29) is 17.1 Å². The van der Waals surface area contributed by atoms with Crippen LogP contribution in [0.3, 0.4) is 0 Å². The van der Waals surface area contributed by atoms with Gasteiger partial charge in [-0.3, -0.25) is 9.69 Å². The van der Waals surface area contributed by atoms with E-state index in [2.05, 4.69) is 0 Å². The van der Waals surface area contributed by atoms with Crippen molar-refractivity contribution in [2.24, 2.45) is 0 Å². The molecule has 22 heavy (non-hydrogen) atoms. The number of halogens is 1. The third-order valence-corrected chi connectivity index (χ3v) is 4.64. The van der Waals surface area contributed by atoms with E-state index in [1.54, 1.807) is 11.0 Å². The summed E-state index contributed by atoms with van der Waals surface area (Å²) in [4.78, 5) is 14.0. The summed E-state index contributed by atoms with van der Waals surface area (Å²) in [5.41, 5.74) is 1.59. The molecule has 2 aromatic carbocycles. The highest BCUT2D eigenvalue weighted by Gasteiger charge is 2.34. The van der Waals surface area contributed by atoms with Gasteiger partial charge in [-0.1, -0.05) is 12.1 Å². The fraction of sp³-hybridized carbons (Fsp3) is 0.235. The number of hydrogen-bond acceptors (Lipinski definition) is 3. The van der Waals surface area contributed by atoms with Crippen molar-refractivity contribution in [3.8, 4) is 5.75 Å². The Kier molecular flexibility index (Phi) is 4.34. The van der Waals surface area contributed by atoms with Gasteiger partial charge in [-0.2, -0.15) is 0 Å². The molecule has 114 valence electrons. The van der Waals surface area contributed by atoms with Crippen LogP contribution in [0.1, 0.15) is 17.9 Å². The van der Waals surface area contributed by atoms with E-state index in [0.29, 0.717) is 12.4 Å². The van der Waals surface area contributed by atoms with E-state index in [9.17, 15) is 9.18 Å². The average molecular weight is 317 g/mol. The molecule has 1 amide bonds. The molecule has 1 fully saturated rings. The number of ether oxygens (including phenoxy) is 1. The first-order chi connectivity index (χ1) is 10.7. The topological polar surface area (TPSA) is 29.5 Å². The Morgan fingerprint density at radius 3 is 2.73 bits per heavy atom. The summed E-state index contributed by atoms with van der Waals surface area (Å²) in [5.74, 6) is 0.911. The first kappa shape index (κ1) is 14.9. The van der Waals surface area contributed by atoms with Crippen LogP contribution in [0.25, 0.3) is 0 Å². The van der Waals surface area contributed by atoms with Gasteiger partial charge >= 0.3 is 0 Å². The zero-order valence-electron chi connectivity index (χ0n) is 12.2. The molecule has 5 heteroatoms. The van der Waals surface area contributed by atoms with Gasteiger partial charge in [-0.25, -0.2) is 4.39 Å². The second-order valence-corrected chi connectivity index (χ2v) is 5.98. The van der Waals surface area contributed by atoms with Crippen LogP contribution < -0.4 is 9.64 Å². The number of benzene rings is 2. The molecular weight excluding hydrogens is 301 g/mol. The zero-order valence-corrected chi connectivity index (χ0v) is 13.0. The number of nitrogens with zero attached hydrogens (tertiary/aromatic N) is 1. The van der Waals surface area contributed by atoms with Crippen LogP contribution in [0.15, 0.2) is 48.5 Å². The van der Waals surface area contributed by atoms with Gasteiger partial charge in [-0.05, 0) is 48.9 Å². The van der Waals surface area contributed by atoms with Crippen LogP contribution in [0.2, 0.25) is 0 Å². The van der Waals surface area contributed by atoms with Crippen molar-refractivity contribution in [3.05, 3.63) is 59.9 Å². The highest BCUT2D eigenvalue weighted by atomic mass is 32.2. The zero-order chi connectivity index (χ0) is 15.5. The first-order valence-electron chi connectivity index (χ1n) is 7.11. The second kappa shape index (κ2) is 6.40. The quantitative estimate of drug-likeness (QED) is 0.853. The van der Waals surface area contributed by atoms with Gasteiger partial charge in [-0.15, -0.1) is 11.8 Å². The highest BCUT2D eigenvalue weighted by Crippen LogP contribution is 2.42. The van der Waals surface area contributed by atoms with E-state index in [0.717, 1.165) is 17.0 Å². The molecular formula is C17H16FNO2S. The largest absolute Gasteiger partial charge is 0.494 e. The van der Waals surface area contributed by atoms with Crippen LogP contribution in [-0.2, 0) is 4.79 Å². The Labute approximate surface area is 133 Å². The molecule has 0 aliphatic carbocycles. The predicted molar refractivity (Wildman–Crippen MR) is 86.7 cm³/mol. The van der Waals surface area contributed by atoms with Crippen molar-refractivity contribution < 1.29 is 13.9 Å². The highest BCUT2D eigenvalue weighted by molar-refractivity contribution is 8.00. The summed E-state index contributed by atoms with van der Waals surface area (Å²) in [5, 5.41) is -0.193. The van der Waals surface area contributed by atoms with Crippen molar-refractivity contribution in [1.82, 2.24) is 0 Å². The summed E-state index contributed by atoms with van der Waals surface area (Å²) in [7, 11) is 0. The lowest BCUT2D eigenvalue weighted by Crippen LogP contribution is -2.27. The van der Waals surface area contributed by atoms with Crippen molar-refractivity contribution in [1.29, 1.82) is 0 Å². The monoisotopic (exact) mass is 317 g/mol. The number of thioether (sulfide) groups is 1. The molecule has 1 atom stereocenters. The molecule has 1 aliphatic heterocycles. The average Bonchev–Trinajstić information content (AvgIpc) is 2.90. The maximum Gasteiger partial charge on any atom is 0.238 e. The molecule has 0 aromatic heterocycles. The lowest BCUT2D eigenvalue weighted by atomic mass is 10.2. The standard InChI is InChI=1S/C17H16FNO2S/c1-2-21-15-8-6-14(7-9-15)19-16(20)11-22-17(19)12-4-3-5-13(18)10-12/h3-10,17H,2,11H2,1H3/t17-/m0/s1. The Morgan fingerprint density at radius 2 is 2.05 bits per heavy atom. The smallest absolute Gasteiger partial charge is 0.238 e. The van der Waals surface area contributed by atoms with Gasteiger partial charge in [0.25, 0.3) is 0 Å². The fourth-order valence-corrected chi connectivity index (χ4v) is 3.65. The molecule has 1 heterocycles. The SMILES string of the molecule is CCOc1ccc(N2C(=O)CS[C@H]2c2cccc(F)c2)cc1. The van der Waals surface area contributed by atoms with E-state index >= 15 is 0 Å². The summed E-state index contributed by atoms with van der Waals surface area (Å²) < 4.78 is 18.9. The third-order valence-electron chi connectivity index (χ3n) is 3.43. The molecule has 2 aromatic rings. The van der Waals surface area contributed by atoms with Crippen molar-refractivity contribution in [3.63, 3.8) is 0 Å². The number of hydrogen-bond donors (Lipinski definition) is 0. The fourth-order valence-electron chi connectivity index (χ4n) is 2.48. The van der Waals surface area contributed by atoms with Gasteiger partial charge in [0.2, 0.25) is 5.91 Å². The summed E-state index contributed by atoms with van der Waals surface area (Å²) >= 11 is 1.51. The van der Waals surface area contributed by atoms with Gasteiger partial charge < -0.3 is 4.74 Å². The number of rotatable bonds is 4. The molecule has 1 saturated heterocycles. The number of amides is 1. The van der Waals surface area contributed by atoms with Gasteiger partial charge in [0.1, 0.15) is 16.9 Å². The third kappa shape index (κ3) is 2.95. The number of carbonyl (C=O) groups excluding carboxylic acids is 1. The Morgan fingerprint density at radius 1 is 1.27 bits per heavy atom. The van der Waals surface area contributed by atoms with E-state index in [4.69, 9.17) is 4.74 Å². The summed E-state index contributed by atoms with van der Waals surface area (Å²) in [6.45, 7) is 2.53. The lowest BCUT2D eigenvalue weighted by Gasteiger charge is -2.24. The van der Waals surface area contributed by atoms with Crippen LogP contribution in [0.5, 0.6) is 5.75 Å². The minimum absolute atomic E-state index is 0.0309. The Bertz CT molecular complexity index is 675. The predicted octanol–water partition coefficient (Wildman–Crippen LogP) is 4.00. The van der Waals surface area contributed by atoms with Crippen LogP contribution in [0, 0.1) is 5.82 Å². The van der Waals surface area contributed by atoms with E-state index < -0.39 is 0 Å². The Balaban J connectivity index is 1.90. The second-order valence-electron chi connectivity index (χ2n) is 4.91. The van der Waals surface area contributed by atoms with Gasteiger partial charge in [0.15, 0.2) is 0 Å². The first-order valence-corrected chi connectivity index (χ1v) is 8.16. The number of anilines is 1. The van der Waals surface area contributed by atoms with Gasteiger partial charge in [0, 0.05) is 5.69 Å².